The number of ketones is 2. The molecule has 2 N–H and O–H groups in total. The lowest BCUT2D eigenvalue weighted by Gasteiger charge is -2.59. The van der Waals surface area contributed by atoms with E-state index in [0.717, 1.165) is 31.3 Å². The molecule has 0 aromatic rings. The highest BCUT2D eigenvalue weighted by Crippen LogP contribution is 2.65. The van der Waals surface area contributed by atoms with E-state index in [1.54, 1.807) is 12.2 Å². The highest BCUT2D eigenvalue weighted by atomic mass is 16.3. The topological polar surface area (TPSA) is 74.6 Å². The molecule has 0 saturated heterocycles. The van der Waals surface area contributed by atoms with E-state index in [1.165, 1.54) is 0 Å². The molecule has 3 saturated carbocycles. The zero-order chi connectivity index (χ0) is 18.0. The molecule has 0 amide bonds. The maximum Gasteiger partial charge on any atom is 0.178 e. The number of aliphatic hydroxyl groups excluding tert-OH is 2. The Morgan fingerprint density at radius 3 is 2.80 bits per heavy atom. The first kappa shape index (κ1) is 17.2. The van der Waals surface area contributed by atoms with Crippen LogP contribution in [0.1, 0.15) is 39.0 Å². The van der Waals surface area contributed by atoms with Crippen molar-refractivity contribution in [2.45, 2.75) is 45.1 Å². The first-order valence-corrected chi connectivity index (χ1v) is 9.42. The Morgan fingerprint density at radius 1 is 1.36 bits per heavy atom. The van der Waals surface area contributed by atoms with E-state index in [-0.39, 0.29) is 41.3 Å². The Bertz CT molecular complexity index is 677. The molecular weight excluding hydrogens is 316 g/mol. The second-order valence-electron chi connectivity index (χ2n) is 8.81. The zero-order valence-electron chi connectivity index (χ0n) is 14.8. The molecule has 25 heavy (non-hydrogen) atoms. The van der Waals surface area contributed by atoms with Gasteiger partial charge in [-0.15, -0.1) is 0 Å². The zero-order valence-corrected chi connectivity index (χ0v) is 14.8. The van der Waals surface area contributed by atoms with Gasteiger partial charge >= 0.3 is 0 Å². The molecule has 0 aromatic carbocycles. The average Bonchev–Trinajstić information content (AvgIpc) is 2.91. The van der Waals surface area contributed by atoms with E-state index < -0.39 is 11.5 Å². The van der Waals surface area contributed by atoms with Gasteiger partial charge in [0.25, 0.3) is 0 Å². The van der Waals surface area contributed by atoms with E-state index in [4.69, 9.17) is 0 Å². The van der Waals surface area contributed by atoms with Crippen LogP contribution in [-0.2, 0) is 9.59 Å². The van der Waals surface area contributed by atoms with E-state index in [2.05, 4.69) is 13.8 Å². The smallest absolute Gasteiger partial charge is 0.178 e. The van der Waals surface area contributed by atoms with Crippen molar-refractivity contribution in [3.63, 3.8) is 0 Å². The van der Waals surface area contributed by atoms with Crippen LogP contribution in [0.25, 0.3) is 0 Å². The number of Topliss-reactive ketones (excluding diaryl/α,β-unsaturated/α-hetero) is 1. The first-order chi connectivity index (χ1) is 11.8. The standard InChI is InChI=1S/C21H27O4/c1-12(23)16-5-6-17-15-4-3-13-9-14(24)7-8-21(13,11-22)19(15)18(25)10-20(16,17)2/h7-9,15-19,22,25H,1,3-6,10-11H2,2H3/t15-,16+,17-,18?,19+,20+,21+/m0/s1. The summed E-state index contributed by atoms with van der Waals surface area (Å²) in [6, 6.07) is 0. The molecular formula is C21H27O4. The quantitative estimate of drug-likeness (QED) is 0.806. The van der Waals surface area contributed by atoms with Crippen LogP contribution in [0.5, 0.6) is 0 Å². The number of aliphatic hydroxyl groups is 2. The molecule has 0 heterocycles. The van der Waals surface area contributed by atoms with Crippen molar-refractivity contribution < 1.29 is 19.8 Å². The summed E-state index contributed by atoms with van der Waals surface area (Å²) in [6.07, 6.45) is 8.55. The maximum absolute atomic E-state index is 12.1. The summed E-state index contributed by atoms with van der Waals surface area (Å²) in [7, 11) is 0. The van der Waals surface area contributed by atoms with Gasteiger partial charge in [0.1, 0.15) is 5.78 Å². The van der Waals surface area contributed by atoms with E-state index in [0.29, 0.717) is 12.3 Å². The molecule has 4 heteroatoms. The lowest BCUT2D eigenvalue weighted by molar-refractivity contribution is -0.140. The van der Waals surface area contributed by atoms with Crippen LogP contribution < -0.4 is 0 Å². The number of rotatable bonds is 2. The number of hydrogen-bond donors (Lipinski definition) is 2. The van der Waals surface area contributed by atoms with E-state index >= 15 is 0 Å². The Labute approximate surface area is 149 Å². The third-order valence-electron chi connectivity index (χ3n) is 7.90. The van der Waals surface area contributed by atoms with Crippen molar-refractivity contribution in [2.75, 3.05) is 6.61 Å². The molecule has 1 radical (unpaired) electrons. The van der Waals surface area contributed by atoms with E-state index in [1.807, 2.05) is 6.08 Å². The largest absolute Gasteiger partial charge is 0.395 e. The highest BCUT2D eigenvalue weighted by molar-refractivity contribution is 6.01. The van der Waals surface area contributed by atoms with Gasteiger partial charge in [-0.2, -0.15) is 0 Å². The molecule has 0 aromatic heterocycles. The second kappa shape index (κ2) is 5.62. The van der Waals surface area contributed by atoms with Gasteiger partial charge in [-0.1, -0.05) is 18.6 Å². The fourth-order valence-electron chi connectivity index (χ4n) is 6.91. The predicted octanol–water partition coefficient (Wildman–Crippen LogP) is 2.26. The van der Waals surface area contributed by atoms with Gasteiger partial charge in [0.15, 0.2) is 5.78 Å². The molecule has 4 aliphatic carbocycles. The monoisotopic (exact) mass is 343 g/mol. The summed E-state index contributed by atoms with van der Waals surface area (Å²) in [6.45, 7) is 5.74. The van der Waals surface area contributed by atoms with Gasteiger partial charge < -0.3 is 10.2 Å². The van der Waals surface area contributed by atoms with Gasteiger partial charge in [0.2, 0.25) is 0 Å². The van der Waals surface area contributed by atoms with Crippen molar-refractivity contribution in [2.24, 2.45) is 34.5 Å². The Balaban J connectivity index is 1.76. The average molecular weight is 343 g/mol. The lowest BCUT2D eigenvalue weighted by atomic mass is 9.46. The molecule has 0 bridgehead atoms. The van der Waals surface area contributed by atoms with Crippen molar-refractivity contribution >= 4 is 11.6 Å². The first-order valence-electron chi connectivity index (χ1n) is 9.42. The SMILES string of the molecule is [CH2]C(=O)[C@H]1CC[C@H]2[C@@H]3CCC4=CC(=O)C=C[C@]4(CO)[C@H]3C(O)C[C@]12C. The van der Waals surface area contributed by atoms with Gasteiger partial charge in [0, 0.05) is 24.2 Å². The number of allylic oxidation sites excluding steroid dienone is 2. The molecule has 0 aliphatic heterocycles. The normalized spacial score (nSPS) is 48.4. The minimum Gasteiger partial charge on any atom is -0.395 e. The van der Waals surface area contributed by atoms with Crippen molar-refractivity contribution in [1.82, 2.24) is 0 Å². The van der Waals surface area contributed by atoms with Crippen LogP contribution in [-0.4, -0.2) is 34.5 Å². The summed E-state index contributed by atoms with van der Waals surface area (Å²) in [5.74, 6) is 0.438. The third-order valence-corrected chi connectivity index (χ3v) is 7.90. The molecule has 4 nitrogen and oxygen atoms in total. The minimum absolute atomic E-state index is 0.00734. The van der Waals surface area contributed by atoms with Crippen LogP contribution in [0.15, 0.2) is 23.8 Å². The molecule has 1 unspecified atom stereocenters. The molecule has 4 aliphatic rings. The fraction of sp³-hybridized carbons (Fsp3) is 0.667. The second-order valence-corrected chi connectivity index (χ2v) is 8.81. The van der Waals surface area contributed by atoms with Gasteiger partial charge in [0.05, 0.1) is 12.7 Å². The summed E-state index contributed by atoms with van der Waals surface area (Å²) in [5, 5.41) is 21.4. The van der Waals surface area contributed by atoms with Crippen LogP contribution >= 0.6 is 0 Å². The molecule has 7 atom stereocenters. The lowest BCUT2D eigenvalue weighted by Crippen LogP contribution is -2.58. The Hall–Kier alpha value is -1.26. The Morgan fingerprint density at radius 2 is 2.12 bits per heavy atom. The highest BCUT2D eigenvalue weighted by Gasteiger charge is 2.63. The fourth-order valence-corrected chi connectivity index (χ4v) is 6.91. The van der Waals surface area contributed by atoms with Crippen LogP contribution in [0.4, 0.5) is 0 Å². The van der Waals surface area contributed by atoms with Crippen LogP contribution in [0.2, 0.25) is 0 Å². The minimum atomic E-state index is -0.621. The summed E-state index contributed by atoms with van der Waals surface area (Å²) in [5.41, 5.74) is 0.143. The summed E-state index contributed by atoms with van der Waals surface area (Å²) < 4.78 is 0. The predicted molar refractivity (Wildman–Crippen MR) is 93.3 cm³/mol. The van der Waals surface area contributed by atoms with Gasteiger partial charge in [-0.25, -0.2) is 0 Å². The number of fused-ring (bicyclic) bond motifs is 5. The molecule has 135 valence electrons. The number of carbonyl (C=O) groups excluding carboxylic acids is 2. The maximum atomic E-state index is 12.1. The number of hydrogen-bond acceptors (Lipinski definition) is 4. The van der Waals surface area contributed by atoms with Crippen molar-refractivity contribution in [1.29, 1.82) is 0 Å². The van der Waals surface area contributed by atoms with Gasteiger partial charge in [-0.05, 0) is 61.5 Å². The third kappa shape index (κ3) is 2.20. The molecule has 4 rings (SSSR count). The van der Waals surface area contributed by atoms with Crippen molar-refractivity contribution in [3.05, 3.63) is 30.7 Å². The molecule has 3 fully saturated rings. The summed E-state index contributed by atoms with van der Waals surface area (Å²) in [4.78, 5) is 23.9. The van der Waals surface area contributed by atoms with E-state index in [9.17, 15) is 19.8 Å². The number of carbonyl (C=O) groups is 2. The van der Waals surface area contributed by atoms with Crippen LogP contribution in [0, 0.1) is 41.4 Å². The van der Waals surface area contributed by atoms with Crippen molar-refractivity contribution in [3.8, 4) is 0 Å². The molecule has 0 spiro atoms. The summed E-state index contributed by atoms with van der Waals surface area (Å²) >= 11 is 0. The van der Waals surface area contributed by atoms with Gasteiger partial charge in [-0.3, -0.25) is 9.59 Å². The van der Waals surface area contributed by atoms with Crippen LogP contribution in [0.3, 0.4) is 0 Å². The Kier molecular flexibility index (Phi) is 3.86.